The molecule has 1 atom stereocenters. The second-order valence-corrected chi connectivity index (χ2v) is 9.01. The summed E-state index contributed by atoms with van der Waals surface area (Å²) in [4.78, 5) is 2.58. The minimum atomic E-state index is -3.44. The fourth-order valence-corrected chi connectivity index (χ4v) is 4.13. The molecule has 5 nitrogen and oxygen atoms in total. The molecule has 6 heteroatoms. The molecule has 1 aromatic heterocycles. The van der Waals surface area contributed by atoms with Gasteiger partial charge in [0.15, 0.2) is 0 Å². The van der Waals surface area contributed by atoms with Crippen LogP contribution >= 0.6 is 0 Å². The van der Waals surface area contributed by atoms with E-state index in [9.17, 15) is 8.42 Å². The third kappa shape index (κ3) is 4.08. The van der Waals surface area contributed by atoms with E-state index >= 15 is 0 Å². The molecule has 0 bridgehead atoms. The van der Waals surface area contributed by atoms with Gasteiger partial charge in [-0.25, -0.2) is 12.7 Å². The summed E-state index contributed by atoms with van der Waals surface area (Å²) in [6, 6.07) is 17.3. The van der Waals surface area contributed by atoms with E-state index in [2.05, 4.69) is 24.8 Å². The lowest BCUT2D eigenvalue weighted by Gasteiger charge is -2.26. The number of nitrogens with zero attached hydrogens (tertiary/aromatic N) is 2. The molecule has 2 aromatic carbocycles. The molecule has 0 spiro atoms. The van der Waals surface area contributed by atoms with Crippen LogP contribution in [0.1, 0.15) is 31.2 Å². The fourth-order valence-electron chi connectivity index (χ4n) is 3.16. The monoisotopic (exact) mass is 386 g/mol. The zero-order valence-corrected chi connectivity index (χ0v) is 17.0. The smallest absolute Gasteiger partial charge is 0.242 e. The summed E-state index contributed by atoms with van der Waals surface area (Å²) < 4.78 is 32.0. The molecule has 0 amide bonds. The molecule has 0 aliphatic heterocycles. The zero-order valence-electron chi connectivity index (χ0n) is 16.2. The topological polar surface area (TPSA) is 53.8 Å². The standard InChI is InChI=1S/C21H26N2O3S/c1-5-23(16(2)21-14-18-10-6-7-12-20(18)26-21)15-17-9-8-11-19(13-17)27(24,25)22(3)4/h6-14,16H,5,15H2,1-4H3. The van der Waals surface area contributed by atoms with Crippen molar-refractivity contribution in [3.8, 4) is 0 Å². The lowest BCUT2D eigenvalue weighted by molar-refractivity contribution is 0.191. The summed E-state index contributed by atoms with van der Waals surface area (Å²) in [5, 5.41) is 1.09. The quantitative estimate of drug-likeness (QED) is 0.609. The van der Waals surface area contributed by atoms with Crippen molar-refractivity contribution in [2.24, 2.45) is 0 Å². The van der Waals surface area contributed by atoms with Crippen LogP contribution in [0.2, 0.25) is 0 Å². The Morgan fingerprint density at radius 3 is 2.44 bits per heavy atom. The van der Waals surface area contributed by atoms with Crippen LogP contribution < -0.4 is 0 Å². The summed E-state index contributed by atoms with van der Waals surface area (Å²) in [6.07, 6.45) is 0. The fraction of sp³-hybridized carbons (Fsp3) is 0.333. The van der Waals surface area contributed by atoms with Crippen LogP contribution in [0.25, 0.3) is 11.0 Å². The van der Waals surface area contributed by atoms with Gasteiger partial charge in [0.1, 0.15) is 11.3 Å². The number of rotatable bonds is 7. The van der Waals surface area contributed by atoms with Crippen LogP contribution in [0.5, 0.6) is 0 Å². The zero-order chi connectivity index (χ0) is 19.6. The normalized spacial score (nSPS) is 13.6. The average molecular weight is 387 g/mol. The lowest BCUT2D eigenvalue weighted by Crippen LogP contribution is -2.26. The number of para-hydroxylation sites is 1. The predicted octanol–water partition coefficient (Wildman–Crippen LogP) is 4.27. The lowest BCUT2D eigenvalue weighted by atomic mass is 10.1. The maximum absolute atomic E-state index is 12.4. The molecule has 0 N–H and O–H groups in total. The molecule has 3 rings (SSSR count). The van der Waals surface area contributed by atoms with Crippen molar-refractivity contribution < 1.29 is 12.8 Å². The predicted molar refractivity (Wildman–Crippen MR) is 108 cm³/mol. The number of fused-ring (bicyclic) bond motifs is 1. The van der Waals surface area contributed by atoms with Gasteiger partial charge >= 0.3 is 0 Å². The molecule has 0 saturated carbocycles. The largest absolute Gasteiger partial charge is 0.459 e. The highest BCUT2D eigenvalue weighted by molar-refractivity contribution is 7.89. The Labute approximate surface area is 161 Å². The Kier molecular flexibility index (Phi) is 5.69. The van der Waals surface area contributed by atoms with Crippen molar-refractivity contribution >= 4 is 21.0 Å². The SMILES string of the molecule is CCN(Cc1cccc(S(=O)(=O)N(C)C)c1)C(C)c1cc2ccccc2o1. The van der Waals surface area contributed by atoms with Crippen molar-refractivity contribution in [2.45, 2.75) is 31.3 Å². The molecule has 27 heavy (non-hydrogen) atoms. The maximum atomic E-state index is 12.4. The Balaban J connectivity index is 1.84. The number of benzene rings is 2. The van der Waals surface area contributed by atoms with Crippen molar-refractivity contribution in [3.63, 3.8) is 0 Å². The molecule has 1 heterocycles. The second-order valence-electron chi connectivity index (χ2n) is 6.86. The van der Waals surface area contributed by atoms with E-state index in [0.717, 1.165) is 28.8 Å². The third-order valence-corrected chi connectivity index (χ3v) is 6.68. The maximum Gasteiger partial charge on any atom is 0.242 e. The van der Waals surface area contributed by atoms with E-state index in [1.54, 1.807) is 32.3 Å². The van der Waals surface area contributed by atoms with Crippen molar-refractivity contribution in [1.82, 2.24) is 9.21 Å². The van der Waals surface area contributed by atoms with Gasteiger partial charge in [0.2, 0.25) is 10.0 Å². The van der Waals surface area contributed by atoms with E-state index in [-0.39, 0.29) is 6.04 Å². The Morgan fingerprint density at radius 2 is 1.78 bits per heavy atom. The minimum Gasteiger partial charge on any atom is -0.459 e. The molecular formula is C21H26N2O3S. The first kappa shape index (κ1) is 19.6. The van der Waals surface area contributed by atoms with Gasteiger partial charge in [0.05, 0.1) is 10.9 Å². The van der Waals surface area contributed by atoms with E-state index < -0.39 is 10.0 Å². The van der Waals surface area contributed by atoms with Crippen molar-refractivity contribution in [2.75, 3.05) is 20.6 Å². The first-order chi connectivity index (χ1) is 12.8. The highest BCUT2D eigenvalue weighted by Crippen LogP contribution is 2.28. The Morgan fingerprint density at radius 1 is 1.04 bits per heavy atom. The summed E-state index contributed by atoms with van der Waals surface area (Å²) in [7, 11) is -0.344. The molecule has 3 aromatic rings. The van der Waals surface area contributed by atoms with Crippen LogP contribution in [0.3, 0.4) is 0 Å². The van der Waals surface area contributed by atoms with Crippen molar-refractivity contribution in [3.05, 3.63) is 65.9 Å². The summed E-state index contributed by atoms with van der Waals surface area (Å²) in [5.41, 5.74) is 1.84. The van der Waals surface area contributed by atoms with Crippen molar-refractivity contribution in [1.29, 1.82) is 0 Å². The number of sulfonamides is 1. The van der Waals surface area contributed by atoms with E-state index in [4.69, 9.17) is 4.42 Å². The first-order valence-electron chi connectivity index (χ1n) is 9.07. The van der Waals surface area contributed by atoms with E-state index in [1.807, 2.05) is 30.3 Å². The number of furan rings is 1. The molecule has 0 aliphatic rings. The highest BCUT2D eigenvalue weighted by atomic mass is 32.2. The minimum absolute atomic E-state index is 0.0801. The van der Waals surface area contributed by atoms with Gasteiger partial charge < -0.3 is 4.42 Å². The van der Waals surface area contributed by atoms with Gasteiger partial charge in [-0.3, -0.25) is 4.90 Å². The van der Waals surface area contributed by atoms with Crippen LogP contribution in [0, 0.1) is 0 Å². The van der Waals surface area contributed by atoms with Gasteiger partial charge in [0, 0.05) is 26.0 Å². The van der Waals surface area contributed by atoms with Gasteiger partial charge in [0.25, 0.3) is 0 Å². The molecule has 0 aliphatic carbocycles. The Hall–Kier alpha value is -2.15. The van der Waals surface area contributed by atoms with E-state index in [0.29, 0.717) is 11.4 Å². The molecular weight excluding hydrogens is 360 g/mol. The third-order valence-electron chi connectivity index (χ3n) is 4.87. The molecule has 0 fully saturated rings. The first-order valence-corrected chi connectivity index (χ1v) is 10.5. The number of hydrogen-bond donors (Lipinski definition) is 0. The van der Waals surface area contributed by atoms with Crippen LogP contribution in [0.15, 0.2) is 63.9 Å². The summed E-state index contributed by atoms with van der Waals surface area (Å²) >= 11 is 0. The van der Waals surface area contributed by atoms with Gasteiger partial charge in [-0.15, -0.1) is 0 Å². The van der Waals surface area contributed by atoms with Crippen LogP contribution in [-0.4, -0.2) is 38.3 Å². The van der Waals surface area contributed by atoms with Gasteiger partial charge in [-0.2, -0.15) is 0 Å². The van der Waals surface area contributed by atoms with E-state index in [1.165, 1.54) is 4.31 Å². The Bertz CT molecular complexity index is 992. The molecule has 1 unspecified atom stereocenters. The molecule has 0 saturated heterocycles. The molecule has 144 valence electrons. The van der Waals surface area contributed by atoms with Gasteiger partial charge in [-0.05, 0) is 43.3 Å². The summed E-state index contributed by atoms with van der Waals surface area (Å²) in [5.74, 6) is 0.912. The van der Waals surface area contributed by atoms with Crippen LogP contribution in [-0.2, 0) is 16.6 Å². The summed E-state index contributed by atoms with van der Waals surface area (Å²) in [6.45, 7) is 5.68. The second kappa shape index (κ2) is 7.84. The van der Waals surface area contributed by atoms with Crippen LogP contribution in [0.4, 0.5) is 0 Å². The van der Waals surface area contributed by atoms with Gasteiger partial charge in [-0.1, -0.05) is 37.3 Å². The number of hydrogen-bond acceptors (Lipinski definition) is 4. The highest BCUT2D eigenvalue weighted by Gasteiger charge is 2.21. The average Bonchev–Trinajstić information content (AvgIpc) is 3.10. The molecule has 0 radical (unpaired) electrons.